The van der Waals surface area contributed by atoms with E-state index in [1.54, 1.807) is 0 Å². The molecule has 1 aromatic rings. The molecule has 0 saturated carbocycles. The molecule has 0 bridgehead atoms. The van der Waals surface area contributed by atoms with E-state index in [-0.39, 0.29) is 5.56 Å². The van der Waals surface area contributed by atoms with E-state index in [1.807, 2.05) is 0 Å². The van der Waals surface area contributed by atoms with E-state index in [9.17, 15) is 4.79 Å². The molecule has 0 aliphatic carbocycles. The second-order valence-electron chi connectivity index (χ2n) is 4.26. The maximum absolute atomic E-state index is 11.5. The third-order valence-corrected chi connectivity index (χ3v) is 4.03. The minimum absolute atomic E-state index is 0.0375. The number of nitrogens with zero attached hydrogens (tertiary/aromatic N) is 2. The van der Waals surface area contributed by atoms with Gasteiger partial charge < -0.3 is 9.88 Å². The number of anilines is 1. The number of nitrogens with one attached hydrogen (secondary N) is 1. The molecular weight excluding hydrogens is 317 g/mol. The fourth-order valence-electron chi connectivity index (χ4n) is 2.26. The van der Waals surface area contributed by atoms with Gasteiger partial charge in [0.25, 0.3) is 5.56 Å². The standard InChI is InChI=1S/C11H16IN3O/c1-2-3-8-4-5-15(6-8)10-9(12)11(16)14-7-13-10/h7-8H,2-6H2,1H3,(H,13,14,16). The van der Waals surface area contributed by atoms with E-state index in [0.29, 0.717) is 3.57 Å². The molecule has 1 aliphatic heterocycles. The molecule has 1 aromatic heterocycles. The molecule has 2 heterocycles. The van der Waals surface area contributed by atoms with Crippen LogP contribution in [0.2, 0.25) is 0 Å². The van der Waals surface area contributed by atoms with Gasteiger partial charge in [0.2, 0.25) is 0 Å². The van der Waals surface area contributed by atoms with Crippen LogP contribution in [0, 0.1) is 9.49 Å². The van der Waals surface area contributed by atoms with Crippen molar-refractivity contribution in [2.75, 3.05) is 18.0 Å². The van der Waals surface area contributed by atoms with E-state index < -0.39 is 0 Å². The average molecular weight is 333 g/mol. The molecule has 0 radical (unpaired) electrons. The predicted molar refractivity (Wildman–Crippen MR) is 72.8 cm³/mol. The van der Waals surface area contributed by atoms with E-state index in [1.165, 1.54) is 25.6 Å². The van der Waals surface area contributed by atoms with Crippen LogP contribution in [0.4, 0.5) is 5.82 Å². The molecule has 4 nitrogen and oxygen atoms in total. The SMILES string of the molecule is CCCC1CCN(c2nc[nH]c(=O)c2I)C1. The fourth-order valence-corrected chi connectivity index (χ4v) is 2.90. The highest BCUT2D eigenvalue weighted by Crippen LogP contribution is 2.26. The predicted octanol–water partition coefficient (Wildman–Crippen LogP) is 2.00. The van der Waals surface area contributed by atoms with Crippen molar-refractivity contribution in [2.24, 2.45) is 5.92 Å². The normalized spacial score (nSPS) is 20.4. The zero-order chi connectivity index (χ0) is 11.5. The maximum Gasteiger partial charge on any atom is 0.266 e. The zero-order valence-corrected chi connectivity index (χ0v) is 11.5. The molecule has 0 amide bonds. The molecule has 1 aliphatic rings. The van der Waals surface area contributed by atoms with Gasteiger partial charge in [0.05, 0.1) is 6.33 Å². The number of rotatable bonds is 3. The van der Waals surface area contributed by atoms with Crippen molar-refractivity contribution >= 4 is 28.4 Å². The molecule has 1 saturated heterocycles. The summed E-state index contributed by atoms with van der Waals surface area (Å²) in [6.07, 6.45) is 5.22. The molecule has 16 heavy (non-hydrogen) atoms. The van der Waals surface area contributed by atoms with Crippen molar-refractivity contribution < 1.29 is 0 Å². The van der Waals surface area contributed by atoms with E-state index >= 15 is 0 Å². The first-order valence-corrected chi connectivity index (χ1v) is 6.78. The smallest absolute Gasteiger partial charge is 0.266 e. The summed E-state index contributed by atoms with van der Waals surface area (Å²) in [4.78, 5) is 20.6. The van der Waals surface area contributed by atoms with Gasteiger partial charge in [-0.25, -0.2) is 4.98 Å². The van der Waals surface area contributed by atoms with Crippen molar-refractivity contribution in [3.8, 4) is 0 Å². The lowest BCUT2D eigenvalue weighted by Crippen LogP contribution is -2.25. The summed E-state index contributed by atoms with van der Waals surface area (Å²) in [5.74, 6) is 1.62. The van der Waals surface area contributed by atoms with Gasteiger partial charge in [0, 0.05) is 13.1 Å². The fraction of sp³-hybridized carbons (Fsp3) is 0.636. The molecule has 5 heteroatoms. The van der Waals surface area contributed by atoms with Crippen LogP contribution in [0.25, 0.3) is 0 Å². The Balaban J connectivity index is 2.14. The molecule has 2 rings (SSSR count). The second kappa shape index (κ2) is 5.16. The second-order valence-corrected chi connectivity index (χ2v) is 5.34. The van der Waals surface area contributed by atoms with Gasteiger partial charge in [0.15, 0.2) is 0 Å². The highest BCUT2D eigenvalue weighted by atomic mass is 127. The van der Waals surface area contributed by atoms with Gasteiger partial charge in [-0.05, 0) is 41.4 Å². The minimum Gasteiger partial charge on any atom is -0.355 e. The van der Waals surface area contributed by atoms with Crippen LogP contribution in [-0.4, -0.2) is 23.1 Å². The van der Waals surface area contributed by atoms with E-state index in [0.717, 1.165) is 24.8 Å². The van der Waals surface area contributed by atoms with Crippen LogP contribution >= 0.6 is 22.6 Å². The lowest BCUT2D eigenvalue weighted by molar-refractivity contribution is 0.529. The van der Waals surface area contributed by atoms with Gasteiger partial charge in [-0.1, -0.05) is 13.3 Å². The van der Waals surface area contributed by atoms with Gasteiger partial charge in [0.1, 0.15) is 9.39 Å². The number of halogens is 1. The highest BCUT2D eigenvalue weighted by Gasteiger charge is 2.24. The first-order valence-electron chi connectivity index (χ1n) is 5.70. The largest absolute Gasteiger partial charge is 0.355 e. The van der Waals surface area contributed by atoms with Crippen LogP contribution in [0.1, 0.15) is 26.2 Å². The number of aromatic nitrogens is 2. The maximum atomic E-state index is 11.5. The Morgan fingerprint density at radius 1 is 1.69 bits per heavy atom. The van der Waals surface area contributed by atoms with Crippen LogP contribution in [0.3, 0.4) is 0 Å². The molecule has 88 valence electrons. The molecule has 0 aromatic carbocycles. The summed E-state index contributed by atoms with van der Waals surface area (Å²) in [6.45, 7) is 4.29. The van der Waals surface area contributed by atoms with Crippen molar-refractivity contribution in [3.05, 3.63) is 20.3 Å². The summed E-state index contributed by atoms with van der Waals surface area (Å²) in [6, 6.07) is 0. The Bertz CT molecular complexity index is 418. The summed E-state index contributed by atoms with van der Waals surface area (Å²) in [5.41, 5.74) is -0.0375. The number of hydrogen-bond acceptors (Lipinski definition) is 3. The van der Waals surface area contributed by atoms with Gasteiger partial charge >= 0.3 is 0 Å². The third kappa shape index (κ3) is 2.39. The van der Waals surface area contributed by atoms with Gasteiger partial charge in [-0.2, -0.15) is 0 Å². The van der Waals surface area contributed by atoms with Crippen LogP contribution < -0.4 is 10.5 Å². The lowest BCUT2D eigenvalue weighted by atomic mass is 10.0. The molecule has 1 fully saturated rings. The topological polar surface area (TPSA) is 49.0 Å². The van der Waals surface area contributed by atoms with Crippen LogP contribution in [0.15, 0.2) is 11.1 Å². The quantitative estimate of drug-likeness (QED) is 0.861. The minimum atomic E-state index is -0.0375. The van der Waals surface area contributed by atoms with E-state index in [4.69, 9.17) is 0 Å². The average Bonchev–Trinajstić information content (AvgIpc) is 2.71. The van der Waals surface area contributed by atoms with Gasteiger partial charge in [-0.15, -0.1) is 0 Å². The van der Waals surface area contributed by atoms with Crippen molar-refractivity contribution in [2.45, 2.75) is 26.2 Å². The van der Waals surface area contributed by atoms with Crippen LogP contribution in [0.5, 0.6) is 0 Å². The third-order valence-electron chi connectivity index (χ3n) is 3.06. The monoisotopic (exact) mass is 333 g/mol. The molecule has 1 atom stereocenters. The molecule has 1 N–H and O–H groups in total. The lowest BCUT2D eigenvalue weighted by Gasteiger charge is -2.18. The first-order chi connectivity index (χ1) is 7.72. The Kier molecular flexibility index (Phi) is 3.83. The number of H-pyrrole nitrogens is 1. The Morgan fingerprint density at radius 2 is 2.50 bits per heavy atom. The Morgan fingerprint density at radius 3 is 3.25 bits per heavy atom. The van der Waals surface area contributed by atoms with Crippen molar-refractivity contribution in [1.29, 1.82) is 0 Å². The highest BCUT2D eigenvalue weighted by molar-refractivity contribution is 14.1. The van der Waals surface area contributed by atoms with Gasteiger partial charge in [-0.3, -0.25) is 4.79 Å². The summed E-state index contributed by atoms with van der Waals surface area (Å²) >= 11 is 2.08. The Labute approximate surface area is 109 Å². The molecule has 1 unspecified atom stereocenters. The Hall–Kier alpha value is -0.590. The van der Waals surface area contributed by atoms with Crippen molar-refractivity contribution in [1.82, 2.24) is 9.97 Å². The van der Waals surface area contributed by atoms with Crippen molar-refractivity contribution in [3.63, 3.8) is 0 Å². The first kappa shape index (κ1) is 11.9. The zero-order valence-electron chi connectivity index (χ0n) is 9.37. The summed E-state index contributed by atoms with van der Waals surface area (Å²) < 4.78 is 0.706. The number of hydrogen-bond donors (Lipinski definition) is 1. The molecule has 0 spiro atoms. The number of aromatic amines is 1. The molecular formula is C11H16IN3O. The summed E-state index contributed by atoms with van der Waals surface area (Å²) in [5, 5.41) is 0. The van der Waals surface area contributed by atoms with Crippen LogP contribution in [-0.2, 0) is 0 Å². The summed E-state index contributed by atoms with van der Waals surface area (Å²) in [7, 11) is 0. The van der Waals surface area contributed by atoms with E-state index in [2.05, 4.69) is 44.4 Å².